The van der Waals surface area contributed by atoms with E-state index in [4.69, 9.17) is 8.83 Å². The Morgan fingerprint density at radius 1 is 0.309 bits per heavy atom. The molecule has 0 bridgehead atoms. The van der Waals surface area contributed by atoms with Crippen molar-refractivity contribution in [2.45, 2.75) is 0 Å². The van der Waals surface area contributed by atoms with E-state index in [0.29, 0.717) is 0 Å². The van der Waals surface area contributed by atoms with Crippen LogP contribution in [0.5, 0.6) is 0 Å². The summed E-state index contributed by atoms with van der Waals surface area (Å²) in [5.41, 5.74) is 13.3. The number of hydrogen-bond donors (Lipinski definition) is 0. The zero-order chi connectivity index (χ0) is 36.3. The highest BCUT2D eigenvalue weighted by Gasteiger charge is 2.23. The summed E-state index contributed by atoms with van der Waals surface area (Å²) in [5, 5.41) is 6.57. The Morgan fingerprint density at radius 2 is 0.891 bits per heavy atom. The van der Waals surface area contributed by atoms with E-state index in [1.54, 1.807) is 0 Å². The van der Waals surface area contributed by atoms with Crippen molar-refractivity contribution in [3.05, 3.63) is 200 Å². The molecule has 11 aromatic rings. The first-order valence-corrected chi connectivity index (χ1v) is 18.7. The van der Waals surface area contributed by atoms with Gasteiger partial charge in [-0.1, -0.05) is 158 Å². The molecule has 3 nitrogen and oxygen atoms in total. The maximum atomic E-state index is 6.95. The molecule has 0 N–H and O–H groups in total. The van der Waals surface area contributed by atoms with Crippen LogP contribution in [0.1, 0.15) is 0 Å². The molecule has 0 unspecified atom stereocenters. The Morgan fingerprint density at radius 3 is 1.64 bits per heavy atom. The molecule has 0 atom stereocenters. The van der Waals surface area contributed by atoms with E-state index < -0.39 is 0 Å². The van der Waals surface area contributed by atoms with Crippen LogP contribution < -0.4 is 4.90 Å². The van der Waals surface area contributed by atoms with Crippen LogP contribution in [0.25, 0.3) is 88.0 Å². The highest BCUT2D eigenvalue weighted by atomic mass is 16.3. The normalized spacial score (nSPS) is 11.6. The predicted molar refractivity (Wildman–Crippen MR) is 229 cm³/mol. The highest BCUT2D eigenvalue weighted by Crippen LogP contribution is 2.47. The van der Waals surface area contributed by atoms with Gasteiger partial charge in [-0.2, -0.15) is 0 Å². The second-order valence-electron chi connectivity index (χ2n) is 14.1. The SMILES string of the molecule is c1ccc(-c2ccc(-c3cc(N(c4ccc(-c5ccccc5)cc4)c4cccc5c4oc4ccccc45)cc4c3oc3c5ccccc5ccc43)cc2)cc1. The minimum Gasteiger partial charge on any atom is -0.455 e. The van der Waals surface area contributed by atoms with Crippen molar-refractivity contribution in [1.29, 1.82) is 0 Å². The van der Waals surface area contributed by atoms with Crippen molar-refractivity contribution in [1.82, 2.24) is 0 Å². The number of nitrogens with zero attached hydrogens (tertiary/aromatic N) is 1. The van der Waals surface area contributed by atoms with Gasteiger partial charge < -0.3 is 13.7 Å². The van der Waals surface area contributed by atoms with Crippen LogP contribution >= 0.6 is 0 Å². The Kier molecular flexibility index (Phi) is 7.17. The molecule has 11 rings (SSSR count). The van der Waals surface area contributed by atoms with Gasteiger partial charge in [0.05, 0.1) is 5.69 Å². The summed E-state index contributed by atoms with van der Waals surface area (Å²) in [6.45, 7) is 0. The lowest BCUT2D eigenvalue weighted by Crippen LogP contribution is -2.10. The van der Waals surface area contributed by atoms with E-state index in [1.807, 2.05) is 12.1 Å². The molecule has 3 heteroatoms. The second kappa shape index (κ2) is 12.6. The Hall–Kier alpha value is -7.36. The van der Waals surface area contributed by atoms with Crippen molar-refractivity contribution in [2.24, 2.45) is 0 Å². The summed E-state index contributed by atoms with van der Waals surface area (Å²) in [5.74, 6) is 0. The van der Waals surface area contributed by atoms with Gasteiger partial charge in [-0.25, -0.2) is 0 Å². The number of furan rings is 2. The molecule has 258 valence electrons. The molecule has 0 spiro atoms. The summed E-state index contributed by atoms with van der Waals surface area (Å²) in [6, 6.07) is 70.8. The van der Waals surface area contributed by atoms with E-state index in [2.05, 4.69) is 193 Å². The van der Waals surface area contributed by atoms with Gasteiger partial charge >= 0.3 is 0 Å². The third-order valence-electron chi connectivity index (χ3n) is 10.9. The van der Waals surface area contributed by atoms with Crippen LogP contribution in [0.4, 0.5) is 17.1 Å². The molecule has 0 saturated carbocycles. The molecule has 0 aliphatic heterocycles. The maximum absolute atomic E-state index is 6.95. The van der Waals surface area contributed by atoms with E-state index >= 15 is 0 Å². The van der Waals surface area contributed by atoms with E-state index in [-0.39, 0.29) is 0 Å². The lowest BCUT2D eigenvalue weighted by atomic mass is 9.97. The summed E-state index contributed by atoms with van der Waals surface area (Å²) in [4.78, 5) is 2.33. The first kappa shape index (κ1) is 31.2. The second-order valence-corrected chi connectivity index (χ2v) is 14.1. The van der Waals surface area contributed by atoms with Gasteiger partial charge in [-0.05, 0) is 75.7 Å². The Balaban J connectivity index is 1.19. The topological polar surface area (TPSA) is 29.5 Å². The third kappa shape index (κ3) is 5.20. The summed E-state index contributed by atoms with van der Waals surface area (Å²) in [6.07, 6.45) is 0. The molecular weight excluding hydrogens is 671 g/mol. The molecule has 0 radical (unpaired) electrons. The van der Waals surface area contributed by atoms with Gasteiger partial charge in [0.15, 0.2) is 5.58 Å². The number of para-hydroxylation sites is 2. The van der Waals surface area contributed by atoms with Gasteiger partial charge in [-0.3, -0.25) is 0 Å². The number of anilines is 3. The summed E-state index contributed by atoms with van der Waals surface area (Å²) in [7, 11) is 0. The molecule has 2 aromatic heterocycles. The van der Waals surface area contributed by atoms with Crippen LogP contribution in [-0.4, -0.2) is 0 Å². The fourth-order valence-corrected chi connectivity index (χ4v) is 8.18. The smallest absolute Gasteiger partial charge is 0.159 e. The molecule has 0 amide bonds. The zero-order valence-electron chi connectivity index (χ0n) is 29.8. The quantitative estimate of drug-likeness (QED) is 0.173. The van der Waals surface area contributed by atoms with Gasteiger partial charge in [0.1, 0.15) is 16.7 Å². The van der Waals surface area contributed by atoms with Gasteiger partial charge in [0.2, 0.25) is 0 Å². The summed E-state index contributed by atoms with van der Waals surface area (Å²) >= 11 is 0. The lowest BCUT2D eigenvalue weighted by Gasteiger charge is -2.26. The van der Waals surface area contributed by atoms with Crippen LogP contribution in [-0.2, 0) is 0 Å². The zero-order valence-corrected chi connectivity index (χ0v) is 29.8. The van der Waals surface area contributed by atoms with E-state index in [1.165, 1.54) is 16.7 Å². The van der Waals surface area contributed by atoms with Gasteiger partial charge in [-0.15, -0.1) is 0 Å². The first-order chi connectivity index (χ1) is 27.3. The van der Waals surface area contributed by atoms with Crippen molar-refractivity contribution in [3.63, 3.8) is 0 Å². The lowest BCUT2D eigenvalue weighted by molar-refractivity contribution is 0.669. The largest absolute Gasteiger partial charge is 0.455 e. The van der Waals surface area contributed by atoms with Crippen molar-refractivity contribution < 1.29 is 8.83 Å². The van der Waals surface area contributed by atoms with E-state index in [0.717, 1.165) is 88.4 Å². The van der Waals surface area contributed by atoms with Crippen LogP contribution in [0, 0.1) is 0 Å². The predicted octanol–water partition coefficient (Wildman–Crippen LogP) is 15.1. The van der Waals surface area contributed by atoms with Crippen molar-refractivity contribution in [3.8, 4) is 33.4 Å². The minimum absolute atomic E-state index is 0.841. The number of rotatable bonds is 6. The Bertz CT molecular complexity index is 3180. The van der Waals surface area contributed by atoms with Crippen LogP contribution in [0.3, 0.4) is 0 Å². The standard InChI is InChI=1S/C52H33NO2/c1-3-12-34(13-4-1)36-22-24-39(25-23-36)46-32-41(33-47-45-31-28-38-16-7-8-17-42(38)50(45)55-51(46)47)53(40-29-26-37(27-30-40)35-14-5-2-6-15-35)48-20-11-19-44-43-18-9-10-21-49(43)54-52(44)48/h1-33H. The molecule has 9 aromatic carbocycles. The van der Waals surface area contributed by atoms with Crippen molar-refractivity contribution >= 4 is 71.7 Å². The van der Waals surface area contributed by atoms with E-state index in [9.17, 15) is 0 Å². The third-order valence-corrected chi connectivity index (χ3v) is 10.9. The van der Waals surface area contributed by atoms with Crippen LogP contribution in [0.2, 0.25) is 0 Å². The maximum Gasteiger partial charge on any atom is 0.159 e. The van der Waals surface area contributed by atoms with Crippen LogP contribution in [0.15, 0.2) is 209 Å². The average Bonchev–Trinajstić information content (AvgIpc) is 3.84. The minimum atomic E-state index is 0.841. The molecular formula is C52H33NO2. The average molecular weight is 704 g/mol. The molecule has 2 heterocycles. The van der Waals surface area contributed by atoms with Gasteiger partial charge in [0, 0.05) is 43.9 Å². The number of benzene rings is 9. The highest BCUT2D eigenvalue weighted by molar-refractivity contribution is 6.19. The first-order valence-electron chi connectivity index (χ1n) is 18.7. The van der Waals surface area contributed by atoms with Crippen molar-refractivity contribution in [2.75, 3.05) is 4.90 Å². The van der Waals surface area contributed by atoms with Gasteiger partial charge in [0.25, 0.3) is 0 Å². The number of fused-ring (bicyclic) bond motifs is 8. The molecule has 0 fully saturated rings. The summed E-state index contributed by atoms with van der Waals surface area (Å²) < 4.78 is 13.7. The molecule has 55 heavy (non-hydrogen) atoms. The molecule has 0 saturated heterocycles. The number of hydrogen-bond acceptors (Lipinski definition) is 3. The molecule has 0 aliphatic rings. The monoisotopic (exact) mass is 703 g/mol. The molecule has 0 aliphatic carbocycles. The fourth-order valence-electron chi connectivity index (χ4n) is 8.18. The fraction of sp³-hybridized carbons (Fsp3) is 0. The Labute approximate surface area is 317 Å².